The van der Waals surface area contributed by atoms with Gasteiger partial charge in [-0.1, -0.05) is 53.5 Å². The predicted molar refractivity (Wildman–Crippen MR) is 149 cm³/mol. The van der Waals surface area contributed by atoms with Gasteiger partial charge >= 0.3 is 0 Å². The van der Waals surface area contributed by atoms with Gasteiger partial charge in [-0.05, 0) is 53.9 Å². The Kier molecular flexibility index (Phi) is 7.07. The second-order valence-electron chi connectivity index (χ2n) is 8.52. The van der Waals surface area contributed by atoms with Crippen LogP contribution in [0.15, 0.2) is 90.2 Å². The largest absolute Gasteiger partial charge is 0.340 e. The van der Waals surface area contributed by atoms with E-state index in [-0.39, 0.29) is 16.6 Å². The van der Waals surface area contributed by atoms with E-state index in [2.05, 4.69) is 20.0 Å². The van der Waals surface area contributed by atoms with E-state index in [1.165, 1.54) is 24.7 Å². The number of aromatic nitrogens is 3. The smallest absolute Gasteiger partial charge is 0.272 e. The van der Waals surface area contributed by atoms with Crippen molar-refractivity contribution >= 4 is 61.5 Å². The minimum Gasteiger partial charge on any atom is -0.340 e. The van der Waals surface area contributed by atoms with E-state index in [0.29, 0.717) is 38.8 Å². The third kappa shape index (κ3) is 5.22. The van der Waals surface area contributed by atoms with E-state index in [9.17, 15) is 13.2 Å². The van der Waals surface area contributed by atoms with Crippen molar-refractivity contribution in [1.29, 1.82) is 0 Å². The molecule has 0 radical (unpaired) electrons. The average molecular weight is 566 g/mol. The van der Waals surface area contributed by atoms with Crippen LogP contribution in [0.4, 0.5) is 11.5 Å². The highest BCUT2D eigenvalue weighted by atomic mass is 35.5. The van der Waals surface area contributed by atoms with Gasteiger partial charge < -0.3 is 9.88 Å². The SMILES string of the molecule is Cn1c(C(=O)Nc2ccc(S(=O)(=O)Nc3cnccn3)c(Cc3ccccc3)c2)cc2c(Cl)c(Cl)ccc21. The minimum atomic E-state index is -3.99. The Labute approximate surface area is 229 Å². The molecular weight excluding hydrogens is 545 g/mol. The Morgan fingerprint density at radius 2 is 1.79 bits per heavy atom. The maximum absolute atomic E-state index is 13.3. The van der Waals surface area contributed by atoms with Crippen LogP contribution in [-0.4, -0.2) is 28.9 Å². The fourth-order valence-corrected chi connectivity index (χ4v) is 5.77. The number of fused-ring (bicyclic) bond motifs is 1. The van der Waals surface area contributed by atoms with Crippen molar-refractivity contribution in [3.05, 3.63) is 112 Å². The van der Waals surface area contributed by atoms with Crippen molar-refractivity contribution in [1.82, 2.24) is 14.5 Å². The Balaban J connectivity index is 1.50. The number of sulfonamides is 1. The van der Waals surface area contributed by atoms with E-state index in [0.717, 1.165) is 11.1 Å². The summed E-state index contributed by atoms with van der Waals surface area (Å²) in [6.07, 6.45) is 4.50. The van der Waals surface area contributed by atoms with Gasteiger partial charge in [0.05, 0.1) is 21.1 Å². The highest BCUT2D eigenvalue weighted by Gasteiger charge is 2.22. The van der Waals surface area contributed by atoms with Crippen LogP contribution in [0.5, 0.6) is 0 Å². The lowest BCUT2D eigenvalue weighted by Gasteiger charge is -2.14. The van der Waals surface area contributed by atoms with Crippen LogP contribution < -0.4 is 10.0 Å². The van der Waals surface area contributed by atoms with Crippen LogP contribution >= 0.6 is 23.2 Å². The van der Waals surface area contributed by atoms with E-state index in [4.69, 9.17) is 23.2 Å². The second kappa shape index (κ2) is 10.4. The van der Waals surface area contributed by atoms with Gasteiger partial charge in [0, 0.05) is 36.0 Å². The van der Waals surface area contributed by atoms with Gasteiger partial charge in [-0.15, -0.1) is 0 Å². The molecule has 5 rings (SSSR count). The zero-order valence-corrected chi connectivity index (χ0v) is 22.3. The summed E-state index contributed by atoms with van der Waals surface area (Å²) in [7, 11) is -2.23. The van der Waals surface area contributed by atoms with Crippen LogP contribution in [0.3, 0.4) is 0 Å². The van der Waals surface area contributed by atoms with Gasteiger partial charge in [0.2, 0.25) is 0 Å². The topological polar surface area (TPSA) is 106 Å². The lowest BCUT2D eigenvalue weighted by Crippen LogP contribution is -2.18. The standard InChI is InChI=1S/C27H21Cl2N5O3S/c1-34-22-9-8-21(28)26(29)20(22)15-23(34)27(35)32-19-7-10-24(18(14-19)13-17-5-3-2-4-6-17)38(36,37)33-25-16-30-11-12-31-25/h2-12,14-16H,13H2,1H3,(H,31,33)(H,32,35). The molecule has 3 aromatic carbocycles. The molecular formula is C27H21Cl2N5O3S. The first-order valence-electron chi connectivity index (χ1n) is 11.4. The average Bonchev–Trinajstić information content (AvgIpc) is 3.24. The molecule has 0 saturated heterocycles. The number of aryl methyl sites for hydroxylation is 1. The fourth-order valence-electron chi connectivity index (χ4n) is 4.18. The third-order valence-corrected chi connectivity index (χ3v) is 8.27. The predicted octanol–water partition coefficient (Wildman–Crippen LogP) is 5.92. The molecule has 1 amide bonds. The Morgan fingerprint density at radius 3 is 2.53 bits per heavy atom. The van der Waals surface area contributed by atoms with Crippen LogP contribution in [0, 0.1) is 0 Å². The molecule has 0 aliphatic carbocycles. The molecule has 0 fully saturated rings. The van der Waals surface area contributed by atoms with E-state index < -0.39 is 10.0 Å². The van der Waals surface area contributed by atoms with Gasteiger partial charge in [-0.25, -0.2) is 13.4 Å². The molecule has 0 unspecified atom stereocenters. The van der Waals surface area contributed by atoms with E-state index in [1.807, 2.05) is 30.3 Å². The molecule has 2 N–H and O–H groups in total. The molecule has 2 heterocycles. The molecule has 8 nitrogen and oxygen atoms in total. The van der Waals surface area contributed by atoms with Gasteiger partial charge in [0.15, 0.2) is 5.82 Å². The fraction of sp³-hybridized carbons (Fsp3) is 0.0741. The van der Waals surface area contributed by atoms with Crippen LogP contribution in [-0.2, 0) is 23.5 Å². The molecule has 192 valence electrons. The van der Waals surface area contributed by atoms with Crippen LogP contribution in [0.2, 0.25) is 10.0 Å². The molecule has 5 aromatic rings. The first-order chi connectivity index (χ1) is 18.2. The molecule has 0 saturated carbocycles. The van der Waals surface area contributed by atoms with Crippen LogP contribution in [0.1, 0.15) is 21.6 Å². The van der Waals surface area contributed by atoms with Crippen molar-refractivity contribution in [2.45, 2.75) is 11.3 Å². The molecule has 38 heavy (non-hydrogen) atoms. The number of carbonyl (C=O) groups is 1. The summed E-state index contributed by atoms with van der Waals surface area (Å²) in [6, 6.07) is 19.3. The normalized spacial score (nSPS) is 11.4. The first-order valence-corrected chi connectivity index (χ1v) is 13.7. The lowest BCUT2D eigenvalue weighted by molar-refractivity contribution is 0.101. The molecule has 0 aliphatic heterocycles. The van der Waals surface area contributed by atoms with Gasteiger partial charge in [-0.2, -0.15) is 0 Å². The quantitative estimate of drug-likeness (QED) is 0.255. The molecule has 0 spiro atoms. The number of hydrogen-bond acceptors (Lipinski definition) is 5. The third-order valence-electron chi connectivity index (χ3n) is 5.99. The number of anilines is 2. The number of nitrogens with zero attached hydrogens (tertiary/aromatic N) is 3. The van der Waals surface area contributed by atoms with Gasteiger partial charge in [-0.3, -0.25) is 14.5 Å². The molecule has 11 heteroatoms. The Hall–Kier alpha value is -3.92. The summed E-state index contributed by atoms with van der Waals surface area (Å²) in [5.41, 5.74) is 2.97. The molecule has 0 aliphatic rings. The lowest BCUT2D eigenvalue weighted by atomic mass is 10.0. The maximum Gasteiger partial charge on any atom is 0.272 e. The first kappa shape index (κ1) is 25.7. The summed E-state index contributed by atoms with van der Waals surface area (Å²) < 4.78 is 30.7. The van der Waals surface area contributed by atoms with Crippen molar-refractivity contribution < 1.29 is 13.2 Å². The number of amides is 1. The second-order valence-corrected chi connectivity index (χ2v) is 11.0. The Morgan fingerprint density at radius 1 is 1.00 bits per heavy atom. The summed E-state index contributed by atoms with van der Waals surface area (Å²) >= 11 is 12.5. The Bertz CT molecular complexity index is 1760. The molecule has 0 bridgehead atoms. The number of benzene rings is 3. The summed E-state index contributed by atoms with van der Waals surface area (Å²) in [5, 5.41) is 4.30. The van der Waals surface area contributed by atoms with Crippen LogP contribution in [0.25, 0.3) is 10.9 Å². The summed E-state index contributed by atoms with van der Waals surface area (Å²) in [5.74, 6) is -0.278. The number of carbonyl (C=O) groups excluding carboxylic acids is 1. The highest BCUT2D eigenvalue weighted by molar-refractivity contribution is 7.92. The maximum atomic E-state index is 13.3. The number of hydrogen-bond donors (Lipinski definition) is 2. The number of rotatable bonds is 7. The highest BCUT2D eigenvalue weighted by Crippen LogP contribution is 2.33. The zero-order chi connectivity index (χ0) is 26.9. The van der Waals surface area contributed by atoms with Crippen molar-refractivity contribution in [2.75, 3.05) is 10.0 Å². The van der Waals surface area contributed by atoms with Gasteiger partial charge in [0.25, 0.3) is 15.9 Å². The molecule has 0 atom stereocenters. The van der Waals surface area contributed by atoms with Crippen molar-refractivity contribution in [3.8, 4) is 0 Å². The van der Waals surface area contributed by atoms with Crippen molar-refractivity contribution in [2.24, 2.45) is 7.05 Å². The summed E-state index contributed by atoms with van der Waals surface area (Å²) in [4.78, 5) is 21.2. The van der Waals surface area contributed by atoms with E-state index >= 15 is 0 Å². The monoisotopic (exact) mass is 565 g/mol. The molecule has 2 aromatic heterocycles. The zero-order valence-electron chi connectivity index (χ0n) is 20.0. The van der Waals surface area contributed by atoms with E-state index in [1.54, 1.807) is 41.9 Å². The van der Waals surface area contributed by atoms with Gasteiger partial charge in [0.1, 0.15) is 5.69 Å². The number of nitrogens with one attached hydrogen (secondary N) is 2. The minimum absolute atomic E-state index is 0.0658. The van der Waals surface area contributed by atoms with Crippen molar-refractivity contribution in [3.63, 3.8) is 0 Å². The summed E-state index contributed by atoms with van der Waals surface area (Å²) in [6.45, 7) is 0. The number of halogens is 2.